The number of benzene rings is 2. The number of carbonyl (C=O) groups is 3. The van der Waals surface area contributed by atoms with Gasteiger partial charge in [-0.3, -0.25) is 29.4 Å². The van der Waals surface area contributed by atoms with E-state index in [9.17, 15) is 24.5 Å². The van der Waals surface area contributed by atoms with Crippen molar-refractivity contribution in [3.63, 3.8) is 0 Å². The number of nitrogens with one attached hydrogen (secondary N) is 1. The summed E-state index contributed by atoms with van der Waals surface area (Å²) in [5.41, 5.74) is 0.332. The zero-order valence-corrected chi connectivity index (χ0v) is 18.6. The van der Waals surface area contributed by atoms with Crippen LogP contribution in [0.4, 0.5) is 17.1 Å². The van der Waals surface area contributed by atoms with Crippen LogP contribution in [-0.4, -0.2) is 47.2 Å². The predicted octanol–water partition coefficient (Wildman–Crippen LogP) is 2.34. The van der Waals surface area contributed by atoms with E-state index < -0.39 is 34.1 Å². The number of methoxy groups -OCH3 is 1. The monoisotopic (exact) mass is 462 g/mol. The van der Waals surface area contributed by atoms with Gasteiger partial charge in [-0.15, -0.1) is 0 Å². The van der Waals surface area contributed by atoms with Gasteiger partial charge in [0.15, 0.2) is 0 Å². The third-order valence-corrected chi connectivity index (χ3v) is 7.85. The summed E-state index contributed by atoms with van der Waals surface area (Å²) in [4.78, 5) is 55.4. The van der Waals surface area contributed by atoms with Crippen molar-refractivity contribution < 1.29 is 24.0 Å². The smallest absolute Gasteiger partial charge is 0.274 e. The van der Waals surface area contributed by atoms with E-state index in [0.29, 0.717) is 35.5 Å². The van der Waals surface area contributed by atoms with Gasteiger partial charge in [-0.25, -0.2) is 4.90 Å². The molecule has 4 aliphatic heterocycles. The van der Waals surface area contributed by atoms with Gasteiger partial charge in [-0.1, -0.05) is 6.07 Å². The van der Waals surface area contributed by atoms with Crippen molar-refractivity contribution >= 4 is 34.8 Å². The maximum atomic E-state index is 14.0. The van der Waals surface area contributed by atoms with Crippen molar-refractivity contribution in [2.75, 3.05) is 23.9 Å². The fourth-order valence-electron chi connectivity index (χ4n) is 6.50. The van der Waals surface area contributed by atoms with E-state index in [1.54, 1.807) is 31.2 Å². The molecule has 174 valence electrons. The third-order valence-electron chi connectivity index (χ3n) is 7.85. The highest BCUT2D eigenvalue weighted by molar-refractivity contribution is 6.26. The molecule has 10 heteroatoms. The Morgan fingerprint density at radius 3 is 2.68 bits per heavy atom. The molecule has 34 heavy (non-hydrogen) atoms. The minimum atomic E-state index is -1.33. The summed E-state index contributed by atoms with van der Waals surface area (Å²) in [6.07, 6.45) is 1.50. The molecular weight excluding hydrogens is 440 g/mol. The van der Waals surface area contributed by atoms with Gasteiger partial charge in [0.2, 0.25) is 17.7 Å². The molecular formula is C24H22N4O6. The largest absolute Gasteiger partial charge is 0.497 e. The number of aryl methyl sites for hydroxylation is 1. The lowest BCUT2D eigenvalue weighted by Gasteiger charge is -2.36. The van der Waals surface area contributed by atoms with Crippen LogP contribution in [0.5, 0.6) is 5.75 Å². The van der Waals surface area contributed by atoms with Gasteiger partial charge < -0.3 is 10.1 Å². The molecule has 4 atom stereocenters. The normalized spacial score (nSPS) is 29.4. The number of fused-ring (bicyclic) bond motifs is 7. The Kier molecular flexibility index (Phi) is 4.20. The summed E-state index contributed by atoms with van der Waals surface area (Å²) in [6.45, 7) is 2.20. The van der Waals surface area contributed by atoms with Crippen LogP contribution in [-0.2, 0) is 19.9 Å². The summed E-state index contributed by atoms with van der Waals surface area (Å²) in [7, 11) is 1.53. The van der Waals surface area contributed by atoms with Crippen LogP contribution < -0.4 is 15.0 Å². The topological polar surface area (TPSA) is 122 Å². The van der Waals surface area contributed by atoms with Crippen LogP contribution in [0.1, 0.15) is 24.0 Å². The molecule has 2 aromatic carbocycles. The van der Waals surface area contributed by atoms with Gasteiger partial charge in [-0.2, -0.15) is 0 Å². The van der Waals surface area contributed by atoms with Gasteiger partial charge in [0.05, 0.1) is 29.6 Å². The predicted molar refractivity (Wildman–Crippen MR) is 120 cm³/mol. The van der Waals surface area contributed by atoms with Crippen LogP contribution in [0, 0.1) is 28.9 Å². The number of nitrogens with zero attached hydrogens (tertiary/aromatic N) is 3. The number of nitro groups is 1. The summed E-state index contributed by atoms with van der Waals surface area (Å²) in [6, 6.07) is 9.33. The quantitative estimate of drug-likeness (QED) is 0.422. The van der Waals surface area contributed by atoms with Gasteiger partial charge in [0.1, 0.15) is 11.3 Å². The highest BCUT2D eigenvalue weighted by Crippen LogP contribution is 2.61. The van der Waals surface area contributed by atoms with Crippen molar-refractivity contribution in [1.82, 2.24) is 4.90 Å². The molecule has 0 aromatic heterocycles. The average molecular weight is 462 g/mol. The van der Waals surface area contributed by atoms with E-state index in [-0.39, 0.29) is 23.3 Å². The van der Waals surface area contributed by atoms with E-state index in [0.717, 1.165) is 11.3 Å². The number of hydrogen-bond donors (Lipinski definition) is 1. The number of nitro benzene ring substituents is 1. The number of ether oxygens (including phenoxy) is 1. The molecule has 4 heterocycles. The van der Waals surface area contributed by atoms with Crippen molar-refractivity contribution in [2.24, 2.45) is 11.8 Å². The molecule has 0 saturated carbocycles. The lowest BCUT2D eigenvalue weighted by atomic mass is 9.75. The fraction of sp³-hybridized carbons (Fsp3) is 0.375. The van der Waals surface area contributed by atoms with E-state index in [1.165, 1.54) is 19.2 Å². The number of hydrogen-bond acceptors (Lipinski definition) is 7. The maximum Gasteiger partial charge on any atom is 0.274 e. The molecule has 1 spiro atoms. The number of anilines is 2. The van der Waals surface area contributed by atoms with Crippen LogP contribution in [0.15, 0.2) is 36.4 Å². The Morgan fingerprint density at radius 1 is 1.15 bits per heavy atom. The van der Waals surface area contributed by atoms with Crippen LogP contribution in [0.25, 0.3) is 0 Å². The first-order valence-corrected chi connectivity index (χ1v) is 11.2. The standard InChI is InChI=1S/C24H22N4O6/c1-12-5-6-13(10-18(12)28(32)33)27-21(29)19-17-4-3-9-26(17)24(20(19)22(27)30)15-11-14(34-2)7-8-16(15)25-23(24)31/h5-8,10-11,17,19-20H,3-4,9H2,1-2H3,(H,25,31). The SMILES string of the molecule is COc1ccc2c(c1)C1(C(=O)N2)C2C(=O)N(c3ccc(C)c([N+](=O)[O-])c3)C(=O)C2C2CCCN21. The van der Waals surface area contributed by atoms with Crippen LogP contribution in [0.3, 0.4) is 0 Å². The lowest BCUT2D eigenvalue weighted by Crippen LogP contribution is -2.54. The highest BCUT2D eigenvalue weighted by Gasteiger charge is 2.74. The maximum absolute atomic E-state index is 14.0. The lowest BCUT2D eigenvalue weighted by molar-refractivity contribution is -0.385. The van der Waals surface area contributed by atoms with Gasteiger partial charge >= 0.3 is 0 Å². The third kappa shape index (κ3) is 2.35. The molecule has 3 fully saturated rings. The second-order valence-electron chi connectivity index (χ2n) is 9.28. The first-order chi connectivity index (χ1) is 16.3. The summed E-state index contributed by atoms with van der Waals surface area (Å²) >= 11 is 0. The minimum absolute atomic E-state index is 0.158. The zero-order chi connectivity index (χ0) is 23.9. The molecule has 0 radical (unpaired) electrons. The van der Waals surface area contributed by atoms with Crippen molar-refractivity contribution in [3.05, 3.63) is 57.6 Å². The fourth-order valence-corrected chi connectivity index (χ4v) is 6.50. The average Bonchev–Trinajstić information content (AvgIpc) is 3.52. The first kappa shape index (κ1) is 20.8. The molecule has 4 aliphatic rings. The second-order valence-corrected chi connectivity index (χ2v) is 9.28. The minimum Gasteiger partial charge on any atom is -0.497 e. The number of amides is 3. The Balaban J connectivity index is 1.53. The molecule has 2 aromatic rings. The van der Waals surface area contributed by atoms with Crippen LogP contribution in [0.2, 0.25) is 0 Å². The Labute approximate surface area is 194 Å². The van der Waals surface area contributed by atoms with Crippen molar-refractivity contribution in [2.45, 2.75) is 31.3 Å². The van der Waals surface area contributed by atoms with E-state index in [4.69, 9.17) is 4.74 Å². The Hall–Kier alpha value is -3.79. The van der Waals surface area contributed by atoms with Crippen LogP contribution >= 0.6 is 0 Å². The van der Waals surface area contributed by atoms with Gasteiger partial charge in [-0.05, 0) is 50.6 Å². The van der Waals surface area contributed by atoms with Gasteiger partial charge in [0, 0.05) is 28.9 Å². The molecule has 6 rings (SSSR count). The van der Waals surface area contributed by atoms with Gasteiger partial charge in [0.25, 0.3) is 5.69 Å². The second kappa shape index (κ2) is 6.86. The molecule has 0 bridgehead atoms. The molecule has 3 amide bonds. The molecule has 10 nitrogen and oxygen atoms in total. The summed E-state index contributed by atoms with van der Waals surface area (Å²) in [5, 5.41) is 14.4. The first-order valence-electron chi connectivity index (χ1n) is 11.2. The highest BCUT2D eigenvalue weighted by atomic mass is 16.6. The van der Waals surface area contributed by atoms with Crippen molar-refractivity contribution in [1.29, 1.82) is 0 Å². The van der Waals surface area contributed by atoms with E-state index in [2.05, 4.69) is 5.32 Å². The van der Waals surface area contributed by atoms with E-state index >= 15 is 0 Å². The Bertz CT molecular complexity index is 1310. The van der Waals surface area contributed by atoms with Crippen molar-refractivity contribution in [3.8, 4) is 5.75 Å². The molecule has 0 aliphatic carbocycles. The van der Waals surface area contributed by atoms with E-state index in [1.807, 2.05) is 4.90 Å². The Morgan fingerprint density at radius 2 is 1.94 bits per heavy atom. The summed E-state index contributed by atoms with van der Waals surface area (Å²) < 4.78 is 5.40. The number of imide groups is 1. The molecule has 3 saturated heterocycles. The number of rotatable bonds is 3. The molecule has 1 N–H and O–H groups in total. The number of carbonyl (C=O) groups excluding carboxylic acids is 3. The molecule has 4 unspecified atom stereocenters. The summed E-state index contributed by atoms with van der Waals surface area (Å²) in [5.74, 6) is -2.33. The zero-order valence-electron chi connectivity index (χ0n) is 18.6.